The second-order valence-electron chi connectivity index (χ2n) is 7.23. The first kappa shape index (κ1) is 22.5. The van der Waals surface area contributed by atoms with Crippen LogP contribution in [0.4, 0.5) is 11.4 Å². The summed E-state index contributed by atoms with van der Waals surface area (Å²) in [5.41, 5.74) is 1.32. The standard InChI is InChI=1S/C23H20N2O7/c1-2-32-23(27)19-13-17(9-15-5-3-7-20(11-15)24(28)29)22(26)18(14-19)10-16-6-4-8-21(12-16)25(30)31/h3-12,19H,2,13-14H2,1H3/b17-9-,18-10+. The Bertz CT molecular complexity index is 1070. The summed E-state index contributed by atoms with van der Waals surface area (Å²) in [4.78, 5) is 46.6. The molecule has 1 atom stereocenters. The highest BCUT2D eigenvalue weighted by Crippen LogP contribution is 2.34. The third-order valence-corrected chi connectivity index (χ3v) is 4.98. The minimum Gasteiger partial charge on any atom is -0.466 e. The number of allylic oxidation sites excluding steroid dienone is 2. The number of ketones is 1. The Kier molecular flexibility index (Phi) is 6.89. The van der Waals surface area contributed by atoms with E-state index in [1.165, 1.54) is 48.6 Å². The molecule has 1 fully saturated rings. The Morgan fingerprint density at radius 1 is 0.969 bits per heavy atom. The summed E-state index contributed by atoms with van der Waals surface area (Å²) in [5, 5.41) is 22.1. The topological polar surface area (TPSA) is 130 Å². The van der Waals surface area contributed by atoms with Crippen molar-refractivity contribution in [2.24, 2.45) is 5.92 Å². The first-order chi connectivity index (χ1) is 15.3. The number of ether oxygens (including phenoxy) is 1. The number of non-ortho nitro benzene ring substituents is 2. The van der Waals surface area contributed by atoms with Gasteiger partial charge >= 0.3 is 5.97 Å². The predicted molar refractivity (Wildman–Crippen MR) is 117 cm³/mol. The monoisotopic (exact) mass is 436 g/mol. The van der Waals surface area contributed by atoms with Crippen molar-refractivity contribution in [3.63, 3.8) is 0 Å². The summed E-state index contributed by atoms with van der Waals surface area (Å²) in [6, 6.07) is 11.7. The highest BCUT2D eigenvalue weighted by atomic mass is 16.6. The van der Waals surface area contributed by atoms with Gasteiger partial charge in [-0.05, 0) is 43.0 Å². The summed E-state index contributed by atoms with van der Waals surface area (Å²) < 4.78 is 5.13. The molecule has 0 heterocycles. The van der Waals surface area contributed by atoms with Crippen LogP contribution in [0.15, 0.2) is 59.7 Å². The van der Waals surface area contributed by atoms with Gasteiger partial charge in [0, 0.05) is 35.4 Å². The highest BCUT2D eigenvalue weighted by molar-refractivity contribution is 6.14. The van der Waals surface area contributed by atoms with Crippen molar-refractivity contribution in [1.82, 2.24) is 0 Å². The molecule has 1 aliphatic rings. The van der Waals surface area contributed by atoms with E-state index in [2.05, 4.69) is 0 Å². The number of nitro benzene ring substituents is 2. The van der Waals surface area contributed by atoms with Crippen LogP contribution in [-0.2, 0) is 14.3 Å². The lowest BCUT2D eigenvalue weighted by atomic mass is 9.79. The van der Waals surface area contributed by atoms with Gasteiger partial charge in [0.15, 0.2) is 5.78 Å². The molecule has 0 amide bonds. The molecular formula is C23H20N2O7. The zero-order chi connectivity index (χ0) is 23.3. The smallest absolute Gasteiger partial charge is 0.309 e. The van der Waals surface area contributed by atoms with Gasteiger partial charge < -0.3 is 4.74 Å². The first-order valence-electron chi connectivity index (χ1n) is 9.90. The van der Waals surface area contributed by atoms with Crippen LogP contribution in [0.1, 0.15) is 30.9 Å². The SMILES string of the molecule is CCOC(=O)C1C/C(=C/c2cccc([N+](=O)[O-])c2)C(=O)/C(=C/c2cccc([N+](=O)[O-])c2)C1. The molecule has 2 aromatic rings. The molecule has 1 saturated carbocycles. The Balaban J connectivity index is 2.02. The zero-order valence-corrected chi connectivity index (χ0v) is 17.2. The average Bonchev–Trinajstić information content (AvgIpc) is 2.77. The number of carbonyl (C=O) groups excluding carboxylic acids is 2. The lowest BCUT2D eigenvalue weighted by Crippen LogP contribution is -2.27. The Morgan fingerprint density at radius 3 is 1.84 bits per heavy atom. The van der Waals surface area contributed by atoms with Crippen LogP contribution in [0.2, 0.25) is 0 Å². The first-order valence-corrected chi connectivity index (χ1v) is 9.90. The van der Waals surface area contributed by atoms with Crippen molar-refractivity contribution in [3.05, 3.63) is 91.0 Å². The molecule has 0 aliphatic heterocycles. The van der Waals surface area contributed by atoms with Crippen LogP contribution < -0.4 is 0 Å². The minimum atomic E-state index is -0.609. The van der Waals surface area contributed by atoms with Crippen molar-refractivity contribution in [2.75, 3.05) is 6.61 Å². The molecule has 2 aromatic carbocycles. The second kappa shape index (κ2) is 9.78. The van der Waals surface area contributed by atoms with Gasteiger partial charge in [0.1, 0.15) is 0 Å². The molecule has 32 heavy (non-hydrogen) atoms. The van der Waals surface area contributed by atoms with E-state index < -0.39 is 21.7 Å². The molecule has 9 nitrogen and oxygen atoms in total. The van der Waals surface area contributed by atoms with Gasteiger partial charge in [-0.1, -0.05) is 24.3 Å². The van der Waals surface area contributed by atoms with Gasteiger partial charge in [0.25, 0.3) is 11.4 Å². The number of benzene rings is 2. The molecule has 0 radical (unpaired) electrons. The van der Waals surface area contributed by atoms with Crippen LogP contribution in [0, 0.1) is 26.1 Å². The molecule has 0 N–H and O–H groups in total. The van der Waals surface area contributed by atoms with E-state index in [-0.39, 0.29) is 36.6 Å². The van der Waals surface area contributed by atoms with Crippen LogP contribution >= 0.6 is 0 Å². The third kappa shape index (κ3) is 5.31. The van der Waals surface area contributed by atoms with Gasteiger partial charge in [-0.2, -0.15) is 0 Å². The van der Waals surface area contributed by atoms with E-state index in [1.54, 1.807) is 19.1 Å². The quantitative estimate of drug-likeness (QED) is 0.282. The summed E-state index contributed by atoms with van der Waals surface area (Å²) >= 11 is 0. The fourth-order valence-corrected chi connectivity index (χ4v) is 3.53. The lowest BCUT2D eigenvalue weighted by molar-refractivity contribution is -0.385. The van der Waals surface area contributed by atoms with Crippen molar-refractivity contribution in [2.45, 2.75) is 19.8 Å². The zero-order valence-electron chi connectivity index (χ0n) is 17.2. The molecule has 0 saturated heterocycles. The predicted octanol–water partition coefficient (Wildman–Crippen LogP) is 4.51. The lowest BCUT2D eigenvalue weighted by Gasteiger charge is -2.24. The molecule has 1 unspecified atom stereocenters. The van der Waals surface area contributed by atoms with E-state index in [0.29, 0.717) is 22.3 Å². The second-order valence-corrected chi connectivity index (χ2v) is 7.23. The van der Waals surface area contributed by atoms with Crippen LogP contribution in [0.3, 0.4) is 0 Å². The number of hydrogen-bond acceptors (Lipinski definition) is 7. The van der Waals surface area contributed by atoms with Gasteiger partial charge in [0.05, 0.1) is 22.4 Å². The molecular weight excluding hydrogens is 416 g/mol. The summed E-state index contributed by atoms with van der Waals surface area (Å²) in [6.07, 6.45) is 3.32. The number of carbonyl (C=O) groups is 2. The van der Waals surface area contributed by atoms with Crippen molar-refractivity contribution >= 4 is 35.3 Å². The van der Waals surface area contributed by atoms with Crippen molar-refractivity contribution < 1.29 is 24.2 Å². The number of hydrogen-bond donors (Lipinski definition) is 0. The van der Waals surface area contributed by atoms with Gasteiger partial charge in [0.2, 0.25) is 0 Å². The largest absolute Gasteiger partial charge is 0.466 e. The van der Waals surface area contributed by atoms with Gasteiger partial charge in [-0.15, -0.1) is 0 Å². The third-order valence-electron chi connectivity index (χ3n) is 4.98. The molecule has 0 aromatic heterocycles. The molecule has 9 heteroatoms. The summed E-state index contributed by atoms with van der Waals surface area (Å²) in [5.74, 6) is -1.37. The fraction of sp³-hybridized carbons (Fsp3) is 0.217. The molecule has 164 valence electrons. The van der Waals surface area contributed by atoms with Gasteiger partial charge in [-0.25, -0.2) is 0 Å². The maximum absolute atomic E-state index is 13.1. The normalized spacial score (nSPS) is 18.5. The van der Waals surface area contributed by atoms with Crippen LogP contribution in [0.5, 0.6) is 0 Å². The van der Waals surface area contributed by atoms with Crippen LogP contribution in [0.25, 0.3) is 12.2 Å². The number of esters is 1. The fourth-order valence-electron chi connectivity index (χ4n) is 3.53. The maximum Gasteiger partial charge on any atom is 0.309 e. The van der Waals surface area contributed by atoms with E-state index >= 15 is 0 Å². The van der Waals surface area contributed by atoms with Gasteiger partial charge in [-0.3, -0.25) is 29.8 Å². The number of nitrogens with zero attached hydrogens (tertiary/aromatic N) is 2. The van der Waals surface area contributed by atoms with E-state index in [0.717, 1.165) is 0 Å². The molecule has 1 aliphatic carbocycles. The number of Topliss-reactive ketones (excluding diaryl/α,β-unsaturated/α-hetero) is 1. The van der Waals surface area contributed by atoms with E-state index in [4.69, 9.17) is 4.74 Å². The average molecular weight is 436 g/mol. The maximum atomic E-state index is 13.1. The number of rotatable bonds is 6. The summed E-state index contributed by atoms with van der Waals surface area (Å²) in [7, 11) is 0. The highest BCUT2D eigenvalue weighted by Gasteiger charge is 2.33. The van der Waals surface area contributed by atoms with Crippen LogP contribution in [-0.4, -0.2) is 28.2 Å². The molecule has 0 spiro atoms. The number of nitro groups is 2. The molecule has 3 rings (SSSR count). The van der Waals surface area contributed by atoms with E-state index in [9.17, 15) is 29.8 Å². The summed E-state index contributed by atoms with van der Waals surface area (Å²) in [6.45, 7) is 1.88. The van der Waals surface area contributed by atoms with Crippen molar-refractivity contribution in [1.29, 1.82) is 0 Å². The Morgan fingerprint density at radius 2 is 1.44 bits per heavy atom. The molecule has 0 bridgehead atoms. The van der Waals surface area contributed by atoms with E-state index in [1.807, 2.05) is 0 Å². The Hall–Kier alpha value is -4.14. The minimum absolute atomic E-state index is 0.114. The van der Waals surface area contributed by atoms with Crippen molar-refractivity contribution in [3.8, 4) is 0 Å². The Labute approximate surface area is 183 Å².